The Morgan fingerprint density at radius 2 is 2.24 bits per heavy atom. The van der Waals surface area contributed by atoms with E-state index >= 15 is 0 Å². The quantitative estimate of drug-likeness (QED) is 0.866. The molecule has 4 heteroatoms. The standard InChI is InChI=1S/C13H14ClNOS/c1-2-16-13-6-5-10(8-12(13)14)15-9-11-4-3-7-17-11/h3-8,15H,2,9H2,1H3. The van der Waals surface area contributed by atoms with E-state index in [1.807, 2.05) is 31.2 Å². The average Bonchev–Trinajstić information content (AvgIpc) is 2.83. The topological polar surface area (TPSA) is 21.3 Å². The number of halogens is 1. The number of thiophene rings is 1. The molecule has 0 aliphatic heterocycles. The maximum Gasteiger partial charge on any atom is 0.138 e. The summed E-state index contributed by atoms with van der Waals surface area (Å²) >= 11 is 7.84. The molecule has 2 nitrogen and oxygen atoms in total. The van der Waals surface area contributed by atoms with Crippen LogP contribution in [-0.4, -0.2) is 6.61 Å². The van der Waals surface area contributed by atoms with Crippen LogP contribution in [-0.2, 0) is 6.54 Å². The lowest BCUT2D eigenvalue weighted by Crippen LogP contribution is -1.98. The highest BCUT2D eigenvalue weighted by atomic mass is 35.5. The Labute approximate surface area is 110 Å². The van der Waals surface area contributed by atoms with Crippen LogP contribution >= 0.6 is 22.9 Å². The van der Waals surface area contributed by atoms with Crippen LogP contribution in [0.1, 0.15) is 11.8 Å². The van der Waals surface area contributed by atoms with Crippen LogP contribution in [0.2, 0.25) is 5.02 Å². The third-order valence-corrected chi connectivity index (χ3v) is 3.45. The number of hydrogen-bond donors (Lipinski definition) is 1. The molecule has 0 amide bonds. The monoisotopic (exact) mass is 267 g/mol. The van der Waals surface area contributed by atoms with Crippen molar-refractivity contribution in [3.63, 3.8) is 0 Å². The summed E-state index contributed by atoms with van der Waals surface area (Å²) in [6.07, 6.45) is 0. The van der Waals surface area contributed by atoms with Gasteiger partial charge in [0, 0.05) is 17.1 Å². The van der Waals surface area contributed by atoms with Gasteiger partial charge in [0.2, 0.25) is 0 Å². The van der Waals surface area contributed by atoms with Crippen molar-refractivity contribution in [2.45, 2.75) is 13.5 Å². The Bertz CT molecular complexity index is 470. The number of anilines is 1. The summed E-state index contributed by atoms with van der Waals surface area (Å²) in [6.45, 7) is 3.39. The summed E-state index contributed by atoms with van der Waals surface area (Å²) in [5, 5.41) is 6.04. The lowest BCUT2D eigenvalue weighted by atomic mass is 10.3. The van der Waals surface area contributed by atoms with E-state index in [1.165, 1.54) is 4.88 Å². The molecule has 0 atom stereocenters. The minimum atomic E-state index is 0.627. The molecule has 1 aromatic carbocycles. The summed E-state index contributed by atoms with van der Waals surface area (Å²) in [5.74, 6) is 0.732. The van der Waals surface area contributed by atoms with E-state index < -0.39 is 0 Å². The molecule has 1 aromatic heterocycles. The van der Waals surface area contributed by atoms with Gasteiger partial charge < -0.3 is 10.1 Å². The highest BCUT2D eigenvalue weighted by Gasteiger charge is 2.02. The highest BCUT2D eigenvalue weighted by Crippen LogP contribution is 2.28. The number of rotatable bonds is 5. The van der Waals surface area contributed by atoms with E-state index in [9.17, 15) is 0 Å². The van der Waals surface area contributed by atoms with Gasteiger partial charge >= 0.3 is 0 Å². The number of ether oxygens (including phenoxy) is 1. The fraction of sp³-hybridized carbons (Fsp3) is 0.231. The van der Waals surface area contributed by atoms with Crippen molar-refractivity contribution in [3.05, 3.63) is 45.6 Å². The molecule has 1 heterocycles. The third kappa shape index (κ3) is 3.38. The van der Waals surface area contributed by atoms with Crippen molar-refractivity contribution in [2.24, 2.45) is 0 Å². The first kappa shape index (κ1) is 12.3. The predicted molar refractivity (Wildman–Crippen MR) is 74.3 cm³/mol. The van der Waals surface area contributed by atoms with E-state index in [-0.39, 0.29) is 0 Å². The molecule has 1 N–H and O–H groups in total. The van der Waals surface area contributed by atoms with Crippen LogP contribution < -0.4 is 10.1 Å². The first-order valence-electron chi connectivity index (χ1n) is 5.48. The molecule has 2 rings (SSSR count). The van der Waals surface area contributed by atoms with E-state index in [4.69, 9.17) is 16.3 Å². The van der Waals surface area contributed by atoms with Crippen LogP contribution in [0.15, 0.2) is 35.7 Å². The van der Waals surface area contributed by atoms with Gasteiger partial charge in [0.1, 0.15) is 5.75 Å². The van der Waals surface area contributed by atoms with Crippen LogP contribution in [0.5, 0.6) is 5.75 Å². The zero-order valence-electron chi connectivity index (χ0n) is 9.57. The molecular weight excluding hydrogens is 254 g/mol. The average molecular weight is 268 g/mol. The molecule has 0 spiro atoms. The summed E-state index contributed by atoms with van der Waals surface area (Å²) in [5.41, 5.74) is 1.01. The second-order valence-corrected chi connectivity index (χ2v) is 4.95. The molecule has 0 aliphatic carbocycles. The predicted octanol–water partition coefficient (Wildman–Crippen LogP) is 4.41. The molecule has 0 aliphatic rings. The largest absolute Gasteiger partial charge is 0.492 e. The molecule has 17 heavy (non-hydrogen) atoms. The van der Waals surface area contributed by atoms with Crippen molar-refractivity contribution in [1.82, 2.24) is 0 Å². The minimum absolute atomic E-state index is 0.627. The lowest BCUT2D eigenvalue weighted by molar-refractivity contribution is 0.340. The van der Waals surface area contributed by atoms with Gasteiger partial charge in [0.05, 0.1) is 11.6 Å². The Kier molecular flexibility index (Phi) is 4.29. The van der Waals surface area contributed by atoms with Gasteiger partial charge in [-0.3, -0.25) is 0 Å². The molecular formula is C13H14ClNOS. The fourth-order valence-corrected chi connectivity index (χ4v) is 2.37. The number of benzene rings is 1. The van der Waals surface area contributed by atoms with Crippen molar-refractivity contribution in [2.75, 3.05) is 11.9 Å². The first-order chi connectivity index (χ1) is 8.29. The van der Waals surface area contributed by atoms with Gasteiger partial charge in [-0.15, -0.1) is 11.3 Å². The number of nitrogens with one attached hydrogen (secondary N) is 1. The van der Waals surface area contributed by atoms with Gasteiger partial charge in [0.25, 0.3) is 0 Å². The first-order valence-corrected chi connectivity index (χ1v) is 6.74. The van der Waals surface area contributed by atoms with Crippen LogP contribution in [0.4, 0.5) is 5.69 Å². The summed E-state index contributed by atoms with van der Waals surface area (Å²) in [4.78, 5) is 1.30. The van der Waals surface area contributed by atoms with Gasteiger partial charge in [-0.05, 0) is 36.6 Å². The molecule has 0 bridgehead atoms. The second-order valence-electron chi connectivity index (χ2n) is 3.51. The molecule has 0 unspecified atom stereocenters. The fourth-order valence-electron chi connectivity index (χ4n) is 1.49. The molecule has 2 aromatic rings. The maximum atomic E-state index is 6.11. The van der Waals surface area contributed by atoms with Crippen molar-refractivity contribution >= 4 is 28.6 Å². The highest BCUT2D eigenvalue weighted by molar-refractivity contribution is 7.09. The molecule has 90 valence electrons. The van der Waals surface area contributed by atoms with E-state index in [0.29, 0.717) is 11.6 Å². The van der Waals surface area contributed by atoms with E-state index in [0.717, 1.165) is 18.0 Å². The summed E-state index contributed by atoms with van der Waals surface area (Å²) in [7, 11) is 0. The Morgan fingerprint density at radius 1 is 1.35 bits per heavy atom. The number of hydrogen-bond acceptors (Lipinski definition) is 3. The molecule has 0 radical (unpaired) electrons. The van der Waals surface area contributed by atoms with Gasteiger partial charge in [0.15, 0.2) is 0 Å². The smallest absolute Gasteiger partial charge is 0.138 e. The van der Waals surface area contributed by atoms with Crippen molar-refractivity contribution in [1.29, 1.82) is 0 Å². The zero-order chi connectivity index (χ0) is 12.1. The third-order valence-electron chi connectivity index (χ3n) is 2.28. The Morgan fingerprint density at radius 3 is 2.88 bits per heavy atom. The Hall–Kier alpha value is -1.19. The normalized spacial score (nSPS) is 10.2. The molecule has 0 saturated heterocycles. The van der Waals surface area contributed by atoms with Gasteiger partial charge in [-0.2, -0.15) is 0 Å². The van der Waals surface area contributed by atoms with Crippen LogP contribution in [0.3, 0.4) is 0 Å². The van der Waals surface area contributed by atoms with Gasteiger partial charge in [-0.25, -0.2) is 0 Å². The lowest BCUT2D eigenvalue weighted by Gasteiger charge is -2.09. The van der Waals surface area contributed by atoms with Crippen LogP contribution in [0.25, 0.3) is 0 Å². The minimum Gasteiger partial charge on any atom is -0.492 e. The van der Waals surface area contributed by atoms with E-state index in [1.54, 1.807) is 11.3 Å². The SMILES string of the molecule is CCOc1ccc(NCc2cccs2)cc1Cl. The summed E-state index contributed by atoms with van der Waals surface area (Å²) in [6, 6.07) is 9.91. The second kappa shape index (κ2) is 5.94. The zero-order valence-corrected chi connectivity index (χ0v) is 11.1. The maximum absolute atomic E-state index is 6.11. The van der Waals surface area contributed by atoms with E-state index in [2.05, 4.69) is 16.8 Å². The van der Waals surface area contributed by atoms with Crippen LogP contribution in [0, 0.1) is 0 Å². The molecule has 0 fully saturated rings. The summed E-state index contributed by atoms with van der Waals surface area (Å²) < 4.78 is 5.38. The Balaban J connectivity index is 2.00. The van der Waals surface area contributed by atoms with Crippen molar-refractivity contribution in [3.8, 4) is 5.75 Å². The van der Waals surface area contributed by atoms with Crippen molar-refractivity contribution < 1.29 is 4.74 Å². The van der Waals surface area contributed by atoms with Gasteiger partial charge in [-0.1, -0.05) is 17.7 Å². The molecule has 0 saturated carbocycles.